The van der Waals surface area contributed by atoms with E-state index in [9.17, 15) is 28.8 Å². The molecule has 0 heterocycles. The van der Waals surface area contributed by atoms with Crippen LogP contribution < -0.4 is 18.9 Å². The molecule has 0 bridgehead atoms. The summed E-state index contributed by atoms with van der Waals surface area (Å²) < 4.78 is 43.9. The number of benzene rings is 4. The van der Waals surface area contributed by atoms with Gasteiger partial charge in [0.15, 0.2) is 0 Å². The zero-order chi connectivity index (χ0) is 53.2. The molecule has 14 nitrogen and oxygen atoms in total. The van der Waals surface area contributed by atoms with Crippen LogP contribution >= 0.6 is 0 Å². The molecule has 0 aliphatic rings. The smallest absolute Gasteiger partial charge is 0.343 e. The quantitative estimate of drug-likeness (QED) is 0.0136. The number of esters is 6. The van der Waals surface area contributed by atoms with E-state index in [0.29, 0.717) is 123 Å². The van der Waals surface area contributed by atoms with Gasteiger partial charge < -0.3 is 37.9 Å². The molecular formula is C60H76O14. The third kappa shape index (κ3) is 25.1. The van der Waals surface area contributed by atoms with Crippen molar-refractivity contribution in [2.75, 3.05) is 39.6 Å². The lowest BCUT2D eigenvalue weighted by atomic mass is 10.1. The molecule has 0 aliphatic carbocycles. The molecule has 0 saturated heterocycles. The van der Waals surface area contributed by atoms with Crippen LogP contribution in [0.4, 0.5) is 0 Å². The van der Waals surface area contributed by atoms with Gasteiger partial charge in [-0.1, -0.05) is 76.7 Å². The lowest BCUT2D eigenvalue weighted by Gasteiger charge is -2.10. The maximum absolute atomic E-state index is 13.0. The van der Waals surface area contributed by atoms with Gasteiger partial charge in [0, 0.05) is 24.0 Å². The summed E-state index contributed by atoms with van der Waals surface area (Å²) in [7, 11) is 0. The summed E-state index contributed by atoms with van der Waals surface area (Å²) >= 11 is 0. The number of carbonyl (C=O) groups is 6. The summed E-state index contributed by atoms with van der Waals surface area (Å²) in [4.78, 5) is 72.5. The van der Waals surface area contributed by atoms with Crippen LogP contribution in [0.15, 0.2) is 109 Å². The Hall–Kier alpha value is -6.96. The Bertz CT molecular complexity index is 2220. The van der Waals surface area contributed by atoms with Crippen molar-refractivity contribution in [2.24, 2.45) is 0 Å². The molecule has 0 N–H and O–H groups in total. The number of unbranched alkanes of at least 4 members (excludes halogenated alkanes) is 14. The van der Waals surface area contributed by atoms with Crippen LogP contribution in [0.3, 0.4) is 0 Å². The molecule has 0 atom stereocenters. The van der Waals surface area contributed by atoms with Gasteiger partial charge in [-0.3, -0.25) is 9.59 Å². The lowest BCUT2D eigenvalue weighted by Crippen LogP contribution is -2.09. The maximum Gasteiger partial charge on any atom is 0.343 e. The van der Waals surface area contributed by atoms with Crippen molar-refractivity contribution < 1.29 is 66.7 Å². The molecule has 0 unspecified atom stereocenters. The Morgan fingerprint density at radius 3 is 1.00 bits per heavy atom. The lowest BCUT2D eigenvalue weighted by molar-refractivity contribution is -0.144. The van der Waals surface area contributed by atoms with Crippen LogP contribution in [0, 0.1) is 0 Å². The normalized spacial score (nSPS) is 10.8. The predicted molar refractivity (Wildman–Crippen MR) is 284 cm³/mol. The van der Waals surface area contributed by atoms with E-state index in [1.165, 1.54) is 0 Å². The molecule has 74 heavy (non-hydrogen) atoms. The molecule has 0 aliphatic heterocycles. The van der Waals surface area contributed by atoms with Crippen molar-refractivity contribution in [3.05, 3.63) is 120 Å². The van der Waals surface area contributed by atoms with Crippen molar-refractivity contribution in [3.8, 4) is 23.0 Å². The Balaban J connectivity index is 1.00. The second-order valence-electron chi connectivity index (χ2n) is 18.3. The first-order valence-corrected chi connectivity index (χ1v) is 26.3. The van der Waals surface area contributed by atoms with E-state index < -0.39 is 11.9 Å². The first-order valence-electron chi connectivity index (χ1n) is 26.3. The van der Waals surface area contributed by atoms with Gasteiger partial charge in [-0.2, -0.15) is 0 Å². The van der Waals surface area contributed by atoms with Crippen molar-refractivity contribution >= 4 is 46.6 Å². The summed E-state index contributed by atoms with van der Waals surface area (Å²) in [6, 6.07) is 24.3. The molecule has 400 valence electrons. The number of ether oxygens (including phenoxy) is 8. The van der Waals surface area contributed by atoms with Gasteiger partial charge in [0.05, 0.1) is 50.8 Å². The zero-order valence-electron chi connectivity index (χ0n) is 43.6. The van der Waals surface area contributed by atoms with Gasteiger partial charge in [0.2, 0.25) is 0 Å². The average molecular weight is 1020 g/mol. The van der Waals surface area contributed by atoms with Crippen LogP contribution in [0.1, 0.15) is 163 Å². The highest BCUT2D eigenvalue weighted by molar-refractivity contribution is 5.94. The number of hydrogen-bond donors (Lipinski definition) is 0. The van der Waals surface area contributed by atoms with Crippen LogP contribution in [-0.2, 0) is 38.1 Å². The molecule has 0 fully saturated rings. The van der Waals surface area contributed by atoms with E-state index >= 15 is 0 Å². The first-order chi connectivity index (χ1) is 35.9. The topological polar surface area (TPSA) is 176 Å². The standard InChI is InChI=1S/C60H76O14/c1-45(2)57(63)71-41-21-13-15-23-55(61)69-39-19-11-7-5-9-17-37-67-51-31-25-47(26-32-51)59(65)73-53-35-29-50-44-54(36-30-49(50)43-53)74-60(66)48-27-33-52(34-28-48)68-38-18-10-6-8-12-20-40-70-56(62)24-16-14-22-42-72-58(64)46(3)4/h25-36,43-44H,1,3,5-24,37-42H2,2,4H3. The van der Waals surface area contributed by atoms with Gasteiger partial charge in [0.25, 0.3) is 0 Å². The highest BCUT2D eigenvalue weighted by Crippen LogP contribution is 2.27. The molecule has 4 aromatic carbocycles. The maximum atomic E-state index is 13.0. The Labute approximate surface area is 437 Å². The number of hydrogen-bond acceptors (Lipinski definition) is 14. The van der Waals surface area contributed by atoms with Crippen LogP contribution in [0.25, 0.3) is 10.8 Å². The van der Waals surface area contributed by atoms with E-state index in [0.717, 1.165) is 101 Å². The molecule has 0 radical (unpaired) electrons. The van der Waals surface area contributed by atoms with Crippen LogP contribution in [-0.4, -0.2) is 75.5 Å². The minimum Gasteiger partial charge on any atom is -0.494 e. The fraction of sp³-hybridized carbons (Fsp3) is 0.467. The number of carbonyl (C=O) groups excluding carboxylic acids is 6. The van der Waals surface area contributed by atoms with Crippen LogP contribution in [0.5, 0.6) is 23.0 Å². The highest BCUT2D eigenvalue weighted by Gasteiger charge is 2.13. The van der Waals surface area contributed by atoms with E-state index in [1.54, 1.807) is 98.8 Å². The molecule has 4 rings (SSSR count). The largest absolute Gasteiger partial charge is 0.494 e. The predicted octanol–water partition coefficient (Wildman–Crippen LogP) is 13.2. The van der Waals surface area contributed by atoms with E-state index in [-0.39, 0.29) is 23.9 Å². The molecule has 0 amide bonds. The van der Waals surface area contributed by atoms with Gasteiger partial charge in [-0.25, -0.2) is 19.2 Å². The fourth-order valence-corrected chi connectivity index (χ4v) is 7.43. The summed E-state index contributed by atoms with van der Waals surface area (Å²) in [6.45, 7) is 13.0. The van der Waals surface area contributed by atoms with E-state index in [2.05, 4.69) is 13.2 Å². The van der Waals surface area contributed by atoms with Gasteiger partial charge in [-0.15, -0.1) is 0 Å². The first kappa shape index (κ1) is 59.6. The zero-order valence-corrected chi connectivity index (χ0v) is 43.6. The Morgan fingerprint density at radius 2 is 0.649 bits per heavy atom. The Morgan fingerprint density at radius 1 is 0.351 bits per heavy atom. The second-order valence-corrected chi connectivity index (χ2v) is 18.3. The number of rotatable bonds is 38. The molecule has 0 aromatic heterocycles. The Kier molecular flexibility index (Phi) is 28.4. The summed E-state index contributed by atoms with van der Waals surface area (Å²) in [6.07, 6.45) is 16.9. The SMILES string of the molecule is C=C(C)C(=O)OCCCCCC(=O)OCCCCCCCCOc1ccc(C(=O)Oc2ccc3cc(OC(=O)c4ccc(OCCCCCCCCOC(=O)CCCCCOC(=O)C(=C)C)cc4)ccc3c2)cc1. The molecule has 0 saturated carbocycles. The average Bonchev–Trinajstić information content (AvgIpc) is 3.39. The minimum absolute atomic E-state index is 0.187. The molecule has 0 spiro atoms. The second kappa shape index (κ2) is 35.2. The van der Waals surface area contributed by atoms with Crippen LogP contribution in [0.2, 0.25) is 0 Å². The van der Waals surface area contributed by atoms with Crippen molar-refractivity contribution in [1.29, 1.82) is 0 Å². The van der Waals surface area contributed by atoms with Gasteiger partial charge in [-0.05, 0) is 162 Å². The fourth-order valence-electron chi connectivity index (χ4n) is 7.43. The summed E-state index contributed by atoms with van der Waals surface area (Å²) in [5, 5.41) is 1.62. The molecule has 14 heteroatoms. The summed E-state index contributed by atoms with van der Waals surface area (Å²) in [5.74, 6) is -0.0159. The molecular weight excluding hydrogens is 945 g/mol. The third-order valence-corrected chi connectivity index (χ3v) is 11.7. The monoisotopic (exact) mass is 1020 g/mol. The van der Waals surface area contributed by atoms with Crippen molar-refractivity contribution in [1.82, 2.24) is 0 Å². The number of fused-ring (bicyclic) bond motifs is 1. The van der Waals surface area contributed by atoms with Gasteiger partial charge in [0.1, 0.15) is 23.0 Å². The summed E-state index contributed by atoms with van der Waals surface area (Å²) in [5.41, 5.74) is 1.55. The van der Waals surface area contributed by atoms with Crippen molar-refractivity contribution in [3.63, 3.8) is 0 Å². The van der Waals surface area contributed by atoms with Gasteiger partial charge >= 0.3 is 35.8 Å². The van der Waals surface area contributed by atoms with E-state index in [4.69, 9.17) is 37.9 Å². The third-order valence-electron chi connectivity index (χ3n) is 11.7. The minimum atomic E-state index is -0.493. The molecule has 4 aromatic rings. The van der Waals surface area contributed by atoms with Crippen molar-refractivity contribution in [2.45, 2.75) is 142 Å². The highest BCUT2D eigenvalue weighted by atomic mass is 16.6. The van der Waals surface area contributed by atoms with E-state index in [1.807, 2.05) is 0 Å².